The molecule has 0 spiro atoms. The Morgan fingerprint density at radius 1 is 1.30 bits per heavy atom. The van der Waals surface area contributed by atoms with E-state index in [-0.39, 0.29) is 12.3 Å². The van der Waals surface area contributed by atoms with Crippen LogP contribution in [-0.2, 0) is 20.8 Å². The quantitative estimate of drug-likeness (QED) is 0.359. The molecule has 10 nitrogen and oxygen atoms in total. The molecule has 0 fully saturated rings. The van der Waals surface area contributed by atoms with Crippen molar-refractivity contribution >= 4 is 35.2 Å². The summed E-state index contributed by atoms with van der Waals surface area (Å²) in [5, 5.41) is 19.0. The summed E-state index contributed by atoms with van der Waals surface area (Å²) in [6.07, 6.45) is -0.762. The van der Waals surface area contributed by atoms with Gasteiger partial charge in [0.15, 0.2) is 0 Å². The van der Waals surface area contributed by atoms with Gasteiger partial charge in [-0.25, -0.2) is 4.79 Å². The van der Waals surface area contributed by atoms with Crippen molar-refractivity contribution in [3.05, 3.63) is 23.8 Å². The molecule has 2 atom stereocenters. The van der Waals surface area contributed by atoms with Gasteiger partial charge >= 0.3 is 6.09 Å². The van der Waals surface area contributed by atoms with Gasteiger partial charge in [-0.15, -0.1) is 0 Å². The topological polar surface area (TPSA) is 163 Å². The van der Waals surface area contributed by atoms with E-state index in [1.807, 2.05) is 19.9 Å². The van der Waals surface area contributed by atoms with Crippen molar-refractivity contribution in [3.63, 3.8) is 0 Å². The zero-order valence-corrected chi connectivity index (χ0v) is 17.5. The van der Waals surface area contributed by atoms with Gasteiger partial charge < -0.3 is 32.1 Å². The van der Waals surface area contributed by atoms with Gasteiger partial charge in [0.2, 0.25) is 17.7 Å². The number of benzene rings is 1. The van der Waals surface area contributed by atoms with Crippen LogP contribution in [0.2, 0.25) is 0 Å². The summed E-state index contributed by atoms with van der Waals surface area (Å²) in [6, 6.07) is 3.52. The first-order valence-electron chi connectivity index (χ1n) is 9.71. The second-order valence-electron chi connectivity index (χ2n) is 8.35. The molecule has 1 heterocycles. The Morgan fingerprint density at radius 3 is 2.57 bits per heavy atom. The van der Waals surface area contributed by atoms with Gasteiger partial charge in [0.25, 0.3) is 0 Å². The lowest BCUT2D eigenvalue weighted by Crippen LogP contribution is -2.60. The summed E-state index contributed by atoms with van der Waals surface area (Å²) in [5.74, 6) is -1.49. The van der Waals surface area contributed by atoms with Crippen molar-refractivity contribution in [2.24, 2.45) is 5.92 Å². The molecule has 1 aromatic carbocycles. The van der Waals surface area contributed by atoms with Gasteiger partial charge in [-0.05, 0) is 37.8 Å². The predicted molar refractivity (Wildman–Crippen MR) is 112 cm³/mol. The van der Waals surface area contributed by atoms with E-state index in [9.17, 15) is 19.2 Å². The molecule has 1 aromatic rings. The number of amides is 4. The smallest absolute Gasteiger partial charge is 0.405 e. The highest BCUT2D eigenvalue weighted by Gasteiger charge is 2.35. The standard InChI is InChI=1S/C20H29N5O5/c1-10(2)8-13(23-18(28)20(3,4)25-19(29)30)16(26)22-14-9-11-6-5-7-12(21)15(11)24-17(14)27/h5-7,10,13-14,25H,8-9,21H2,1-4H3,(H,22,26)(H,23,28)(H,24,27)(H,29,30). The van der Waals surface area contributed by atoms with Crippen molar-refractivity contribution in [3.8, 4) is 0 Å². The number of fused-ring (bicyclic) bond motifs is 1. The molecule has 0 aliphatic carbocycles. The van der Waals surface area contributed by atoms with Crippen molar-refractivity contribution in [2.45, 2.75) is 58.2 Å². The first-order valence-corrected chi connectivity index (χ1v) is 9.71. The molecule has 0 aromatic heterocycles. The predicted octanol–water partition coefficient (Wildman–Crippen LogP) is 0.825. The number of para-hydroxylation sites is 1. The fraction of sp³-hybridized carbons (Fsp3) is 0.500. The van der Waals surface area contributed by atoms with Gasteiger partial charge in [-0.3, -0.25) is 14.4 Å². The zero-order chi connectivity index (χ0) is 22.6. The summed E-state index contributed by atoms with van der Waals surface area (Å²) in [4.78, 5) is 48.8. The highest BCUT2D eigenvalue weighted by atomic mass is 16.4. The third-order valence-electron chi connectivity index (χ3n) is 4.80. The van der Waals surface area contributed by atoms with Crippen LogP contribution in [0, 0.1) is 5.92 Å². The Morgan fingerprint density at radius 2 is 1.97 bits per heavy atom. The molecular weight excluding hydrogens is 390 g/mol. The minimum atomic E-state index is -1.43. The van der Waals surface area contributed by atoms with Crippen LogP contribution in [0.5, 0.6) is 0 Å². The summed E-state index contributed by atoms with van der Waals surface area (Å²) in [5.41, 5.74) is 6.25. The van der Waals surface area contributed by atoms with Crippen molar-refractivity contribution in [1.82, 2.24) is 16.0 Å². The van der Waals surface area contributed by atoms with E-state index in [4.69, 9.17) is 10.8 Å². The van der Waals surface area contributed by atoms with Crippen LogP contribution in [0.1, 0.15) is 39.7 Å². The molecule has 0 radical (unpaired) electrons. The number of nitrogens with two attached hydrogens (primary N) is 1. The third kappa shape index (κ3) is 5.62. The number of hydrogen-bond acceptors (Lipinski definition) is 5. The maximum atomic E-state index is 12.9. The molecular formula is C20H29N5O5. The van der Waals surface area contributed by atoms with Crippen LogP contribution < -0.4 is 27.0 Å². The van der Waals surface area contributed by atoms with E-state index in [1.54, 1.807) is 12.1 Å². The summed E-state index contributed by atoms with van der Waals surface area (Å²) in [7, 11) is 0. The fourth-order valence-electron chi connectivity index (χ4n) is 3.22. The number of carboxylic acid groups (broad SMARTS) is 1. The van der Waals surface area contributed by atoms with Crippen LogP contribution in [0.3, 0.4) is 0 Å². The van der Waals surface area contributed by atoms with Gasteiger partial charge in [-0.2, -0.15) is 0 Å². The molecule has 0 saturated heterocycles. The van der Waals surface area contributed by atoms with Crippen molar-refractivity contribution in [2.75, 3.05) is 11.1 Å². The number of anilines is 2. The Hall–Kier alpha value is -3.30. The average molecular weight is 419 g/mol. The maximum absolute atomic E-state index is 12.9. The summed E-state index contributed by atoms with van der Waals surface area (Å²) in [6.45, 7) is 6.58. The lowest BCUT2D eigenvalue weighted by atomic mass is 9.96. The van der Waals surface area contributed by atoms with Crippen LogP contribution in [0.25, 0.3) is 0 Å². The molecule has 7 N–H and O–H groups in total. The number of carbonyl (C=O) groups excluding carboxylic acids is 3. The van der Waals surface area contributed by atoms with Gasteiger partial charge in [0.1, 0.15) is 17.6 Å². The summed E-state index contributed by atoms with van der Waals surface area (Å²) >= 11 is 0. The third-order valence-corrected chi connectivity index (χ3v) is 4.80. The number of rotatable bonds is 7. The Balaban J connectivity index is 2.12. The number of hydrogen-bond donors (Lipinski definition) is 6. The van der Waals surface area contributed by atoms with Crippen molar-refractivity contribution < 1.29 is 24.3 Å². The zero-order valence-electron chi connectivity index (χ0n) is 17.5. The molecule has 10 heteroatoms. The Bertz CT molecular complexity index is 852. The van der Waals surface area contributed by atoms with Crippen LogP contribution in [0.4, 0.5) is 16.2 Å². The average Bonchev–Trinajstić information content (AvgIpc) is 2.61. The second kappa shape index (κ2) is 9.02. The Kier molecular flexibility index (Phi) is 6.91. The van der Waals surface area contributed by atoms with E-state index >= 15 is 0 Å². The number of nitrogens with one attached hydrogen (secondary N) is 4. The first kappa shape index (κ1) is 23.0. The largest absolute Gasteiger partial charge is 0.465 e. The highest BCUT2D eigenvalue weighted by molar-refractivity contribution is 6.03. The van der Waals surface area contributed by atoms with Gasteiger partial charge in [-0.1, -0.05) is 26.0 Å². The van der Waals surface area contributed by atoms with E-state index in [0.29, 0.717) is 17.8 Å². The number of nitrogen functional groups attached to an aromatic ring is 1. The van der Waals surface area contributed by atoms with Crippen LogP contribution in [-0.4, -0.2) is 46.5 Å². The van der Waals surface area contributed by atoms with Crippen LogP contribution in [0.15, 0.2) is 18.2 Å². The van der Waals surface area contributed by atoms with E-state index in [1.165, 1.54) is 13.8 Å². The molecule has 2 rings (SSSR count). The lowest BCUT2D eigenvalue weighted by Gasteiger charge is -2.30. The normalized spacial score (nSPS) is 16.8. The second-order valence-corrected chi connectivity index (χ2v) is 8.35. The van der Waals surface area contributed by atoms with Gasteiger partial charge in [0, 0.05) is 6.42 Å². The SMILES string of the molecule is CC(C)CC(NC(=O)C(C)(C)NC(=O)O)C(=O)NC1Cc2cccc(N)c2NC1=O. The van der Waals surface area contributed by atoms with E-state index in [0.717, 1.165) is 5.56 Å². The molecule has 0 bridgehead atoms. The van der Waals surface area contributed by atoms with Crippen molar-refractivity contribution in [1.29, 1.82) is 0 Å². The molecule has 0 saturated carbocycles. The minimum Gasteiger partial charge on any atom is -0.465 e. The number of carbonyl (C=O) groups is 4. The molecule has 4 amide bonds. The molecule has 2 unspecified atom stereocenters. The minimum absolute atomic E-state index is 0.0669. The van der Waals surface area contributed by atoms with E-state index in [2.05, 4.69) is 21.3 Å². The van der Waals surface area contributed by atoms with Crippen LogP contribution >= 0.6 is 0 Å². The Labute approximate surface area is 175 Å². The molecule has 1 aliphatic rings. The monoisotopic (exact) mass is 419 g/mol. The maximum Gasteiger partial charge on any atom is 0.405 e. The lowest BCUT2D eigenvalue weighted by molar-refractivity contribution is -0.133. The fourth-order valence-corrected chi connectivity index (χ4v) is 3.22. The first-order chi connectivity index (χ1) is 13.9. The molecule has 30 heavy (non-hydrogen) atoms. The molecule has 164 valence electrons. The van der Waals surface area contributed by atoms with Gasteiger partial charge in [0.05, 0.1) is 11.4 Å². The highest BCUT2D eigenvalue weighted by Crippen LogP contribution is 2.28. The summed E-state index contributed by atoms with van der Waals surface area (Å²) < 4.78 is 0. The molecule has 1 aliphatic heterocycles. The van der Waals surface area contributed by atoms with E-state index < -0.39 is 41.4 Å².